The molecule has 0 bridgehead atoms. The molecule has 1 aliphatic heterocycles. The second kappa shape index (κ2) is 6.23. The van der Waals surface area contributed by atoms with Crippen LogP contribution in [-0.4, -0.2) is 46.7 Å². The van der Waals surface area contributed by atoms with Gasteiger partial charge in [0, 0.05) is 23.7 Å². The quantitative estimate of drug-likeness (QED) is 0.815. The number of aliphatic carboxylic acids is 2. The minimum Gasteiger partial charge on any atom is -0.481 e. The summed E-state index contributed by atoms with van der Waals surface area (Å²) in [7, 11) is 0. The second-order valence-electron chi connectivity index (χ2n) is 3.97. The summed E-state index contributed by atoms with van der Waals surface area (Å²) >= 11 is 11.2. The van der Waals surface area contributed by atoms with Gasteiger partial charge in [0.25, 0.3) is 0 Å². The van der Waals surface area contributed by atoms with Gasteiger partial charge in [0.05, 0.1) is 11.8 Å². The van der Waals surface area contributed by atoms with Crippen molar-refractivity contribution < 1.29 is 19.8 Å². The number of carboxylic acid groups (broad SMARTS) is 2. The number of hydrogen-bond acceptors (Lipinski definition) is 3. The van der Waals surface area contributed by atoms with Crippen LogP contribution in [0.2, 0.25) is 0 Å². The predicted molar refractivity (Wildman–Crippen MR) is 63.1 cm³/mol. The van der Waals surface area contributed by atoms with E-state index in [1.54, 1.807) is 4.90 Å². The Morgan fingerprint density at radius 1 is 1.29 bits per heavy atom. The van der Waals surface area contributed by atoms with Crippen molar-refractivity contribution in [1.29, 1.82) is 0 Å². The molecule has 1 saturated heterocycles. The molecule has 0 aromatic heterocycles. The van der Waals surface area contributed by atoms with Gasteiger partial charge in [-0.2, -0.15) is 0 Å². The highest BCUT2D eigenvalue weighted by Crippen LogP contribution is 2.25. The van der Waals surface area contributed by atoms with Crippen LogP contribution >= 0.6 is 23.2 Å². The van der Waals surface area contributed by atoms with Gasteiger partial charge >= 0.3 is 11.9 Å². The molecule has 0 aliphatic carbocycles. The molecule has 0 aromatic rings. The molecule has 0 saturated carbocycles. The Morgan fingerprint density at radius 2 is 1.88 bits per heavy atom. The second-order valence-corrected chi connectivity index (χ2v) is 4.67. The van der Waals surface area contributed by atoms with Crippen LogP contribution in [-0.2, 0) is 9.59 Å². The van der Waals surface area contributed by atoms with Crippen molar-refractivity contribution in [3.8, 4) is 0 Å². The van der Waals surface area contributed by atoms with Gasteiger partial charge in [-0.3, -0.25) is 14.5 Å². The number of rotatable bonds is 4. The van der Waals surface area contributed by atoms with E-state index < -0.39 is 23.8 Å². The predicted octanol–water partition coefficient (Wildman–Crippen LogP) is 1.41. The molecule has 2 atom stereocenters. The van der Waals surface area contributed by atoms with E-state index in [2.05, 4.69) is 0 Å². The maximum atomic E-state index is 11.0. The lowest BCUT2D eigenvalue weighted by Crippen LogP contribution is -2.46. The minimum absolute atomic E-state index is 0.174. The molecule has 5 nitrogen and oxygen atoms in total. The Hall–Kier alpha value is -0.780. The van der Waals surface area contributed by atoms with Gasteiger partial charge in [-0.25, -0.2) is 0 Å². The molecule has 0 amide bonds. The fraction of sp³-hybridized carbons (Fsp3) is 0.600. The van der Waals surface area contributed by atoms with Crippen molar-refractivity contribution in [3.63, 3.8) is 0 Å². The van der Waals surface area contributed by atoms with E-state index in [0.29, 0.717) is 24.5 Å². The number of nitrogens with zero attached hydrogens (tertiary/aromatic N) is 1. The Kier molecular flexibility index (Phi) is 5.24. The Labute approximate surface area is 109 Å². The third-order valence-corrected chi connectivity index (χ3v) is 3.43. The number of halogens is 2. The first-order valence-corrected chi connectivity index (χ1v) is 5.90. The SMILES string of the molecule is O=C(O)C1CCN(CC(Cl)=CCl)CC1C(=O)O. The molecule has 0 aromatic carbocycles. The van der Waals surface area contributed by atoms with E-state index in [4.69, 9.17) is 33.4 Å². The lowest BCUT2D eigenvalue weighted by molar-refractivity contribution is -0.157. The summed E-state index contributed by atoms with van der Waals surface area (Å²) in [6.07, 6.45) is 0.304. The molecular weight excluding hydrogens is 269 g/mol. The molecule has 7 heteroatoms. The first-order valence-electron chi connectivity index (χ1n) is 5.08. The largest absolute Gasteiger partial charge is 0.481 e. The number of likely N-dealkylation sites (tertiary alicyclic amines) is 1. The summed E-state index contributed by atoms with van der Waals surface area (Å²) in [5, 5.41) is 18.3. The maximum absolute atomic E-state index is 11.0. The van der Waals surface area contributed by atoms with Gasteiger partial charge in [-0.05, 0) is 13.0 Å². The number of piperidine rings is 1. The van der Waals surface area contributed by atoms with Crippen molar-refractivity contribution in [2.75, 3.05) is 19.6 Å². The molecule has 17 heavy (non-hydrogen) atoms. The summed E-state index contributed by atoms with van der Waals surface area (Å²) in [6.45, 7) is 1.02. The fourth-order valence-corrected chi connectivity index (χ4v) is 2.20. The molecule has 1 rings (SSSR count). The molecule has 0 spiro atoms. The summed E-state index contributed by atoms with van der Waals surface area (Å²) in [5.41, 5.74) is 1.22. The standard InChI is InChI=1S/C10H13Cl2NO4/c11-3-6(12)4-13-2-1-7(9(14)15)8(5-13)10(16)17/h3,7-8H,1-2,4-5H2,(H,14,15)(H,16,17). The van der Waals surface area contributed by atoms with Crippen LogP contribution in [0.4, 0.5) is 0 Å². The van der Waals surface area contributed by atoms with Crippen LogP contribution < -0.4 is 0 Å². The van der Waals surface area contributed by atoms with E-state index >= 15 is 0 Å². The highest BCUT2D eigenvalue weighted by Gasteiger charge is 2.38. The Balaban J connectivity index is 2.68. The fourth-order valence-electron chi connectivity index (χ4n) is 1.96. The zero-order valence-electron chi connectivity index (χ0n) is 8.97. The molecule has 1 fully saturated rings. The van der Waals surface area contributed by atoms with Crippen molar-refractivity contribution in [1.82, 2.24) is 4.90 Å². The van der Waals surface area contributed by atoms with Gasteiger partial charge in [0.1, 0.15) is 0 Å². The van der Waals surface area contributed by atoms with Crippen LogP contribution in [0.3, 0.4) is 0 Å². The van der Waals surface area contributed by atoms with Crippen molar-refractivity contribution in [3.05, 3.63) is 10.6 Å². The van der Waals surface area contributed by atoms with Gasteiger partial charge in [-0.1, -0.05) is 23.2 Å². The average molecular weight is 282 g/mol. The summed E-state index contributed by atoms with van der Waals surface area (Å²) in [5.74, 6) is -3.88. The van der Waals surface area contributed by atoms with Crippen molar-refractivity contribution >= 4 is 35.1 Å². The van der Waals surface area contributed by atoms with E-state index in [0.717, 1.165) is 0 Å². The van der Waals surface area contributed by atoms with E-state index in [1.165, 1.54) is 5.54 Å². The van der Waals surface area contributed by atoms with Crippen molar-refractivity contribution in [2.45, 2.75) is 6.42 Å². The van der Waals surface area contributed by atoms with Crippen LogP contribution in [0.25, 0.3) is 0 Å². The summed E-state index contributed by atoms with van der Waals surface area (Å²) < 4.78 is 0. The highest BCUT2D eigenvalue weighted by atomic mass is 35.5. The Morgan fingerprint density at radius 3 is 2.35 bits per heavy atom. The number of carbonyl (C=O) groups is 2. The molecule has 96 valence electrons. The van der Waals surface area contributed by atoms with Crippen LogP contribution in [0.1, 0.15) is 6.42 Å². The molecule has 2 N–H and O–H groups in total. The number of carboxylic acids is 2. The molecule has 1 aliphatic rings. The lowest BCUT2D eigenvalue weighted by atomic mass is 9.85. The summed E-state index contributed by atoms with van der Waals surface area (Å²) in [4.78, 5) is 23.7. The molecule has 1 heterocycles. The first kappa shape index (κ1) is 14.3. The minimum atomic E-state index is -1.09. The van der Waals surface area contributed by atoms with Gasteiger partial charge in [-0.15, -0.1) is 0 Å². The third-order valence-electron chi connectivity index (χ3n) is 2.82. The van der Waals surface area contributed by atoms with Gasteiger partial charge in [0.15, 0.2) is 0 Å². The van der Waals surface area contributed by atoms with Crippen molar-refractivity contribution in [2.24, 2.45) is 11.8 Å². The maximum Gasteiger partial charge on any atom is 0.308 e. The lowest BCUT2D eigenvalue weighted by Gasteiger charge is -2.34. The topological polar surface area (TPSA) is 77.8 Å². The van der Waals surface area contributed by atoms with Crippen LogP contribution in [0.15, 0.2) is 10.6 Å². The Bertz CT molecular complexity index is 345. The van der Waals surface area contributed by atoms with E-state index in [9.17, 15) is 9.59 Å². The summed E-state index contributed by atoms with van der Waals surface area (Å²) in [6, 6.07) is 0. The monoisotopic (exact) mass is 281 g/mol. The smallest absolute Gasteiger partial charge is 0.308 e. The number of hydrogen-bond donors (Lipinski definition) is 2. The van der Waals surface area contributed by atoms with Gasteiger partial charge in [0.2, 0.25) is 0 Å². The van der Waals surface area contributed by atoms with Crippen LogP contribution in [0, 0.1) is 11.8 Å². The van der Waals surface area contributed by atoms with E-state index in [1.807, 2.05) is 0 Å². The van der Waals surface area contributed by atoms with E-state index in [-0.39, 0.29) is 6.54 Å². The third kappa shape index (κ3) is 3.87. The zero-order valence-corrected chi connectivity index (χ0v) is 10.5. The zero-order chi connectivity index (χ0) is 13.0. The molecular formula is C10H13Cl2NO4. The highest BCUT2D eigenvalue weighted by molar-refractivity contribution is 6.36. The van der Waals surface area contributed by atoms with Gasteiger partial charge < -0.3 is 10.2 Å². The molecule has 2 unspecified atom stereocenters. The molecule has 0 radical (unpaired) electrons. The van der Waals surface area contributed by atoms with Crippen LogP contribution in [0.5, 0.6) is 0 Å². The first-order chi connectivity index (χ1) is 7.95. The normalized spacial score (nSPS) is 26.8. The average Bonchev–Trinajstić information content (AvgIpc) is 2.28.